The van der Waals surface area contributed by atoms with Crippen molar-refractivity contribution in [2.24, 2.45) is 11.0 Å². The normalized spacial score (nSPS) is 18.7. The van der Waals surface area contributed by atoms with E-state index in [1.54, 1.807) is 18.3 Å². The highest BCUT2D eigenvalue weighted by atomic mass is 35.5. The van der Waals surface area contributed by atoms with Crippen molar-refractivity contribution < 1.29 is 4.79 Å². The van der Waals surface area contributed by atoms with Crippen LogP contribution < -0.4 is 5.43 Å². The number of hydrogen-bond acceptors (Lipinski definition) is 2. The third kappa shape index (κ3) is 4.08. The number of hydrogen-bond donors (Lipinski definition) is 1. The molecule has 0 aliphatic heterocycles. The molecule has 0 unspecified atom stereocenters. The van der Waals surface area contributed by atoms with Crippen LogP contribution in [0.4, 0.5) is 0 Å². The van der Waals surface area contributed by atoms with Crippen LogP contribution in [0.2, 0.25) is 10.0 Å². The molecule has 100 valence electrons. The van der Waals surface area contributed by atoms with Gasteiger partial charge in [-0.2, -0.15) is 5.10 Å². The molecule has 0 bridgehead atoms. The van der Waals surface area contributed by atoms with Gasteiger partial charge >= 0.3 is 0 Å². The Bertz CT molecular complexity index is 526. The van der Waals surface area contributed by atoms with E-state index in [1.165, 1.54) is 6.07 Å². The Morgan fingerprint density at radius 1 is 1.37 bits per heavy atom. The van der Waals surface area contributed by atoms with Crippen molar-refractivity contribution in [2.45, 2.75) is 19.3 Å². The van der Waals surface area contributed by atoms with Gasteiger partial charge in [0.25, 0.3) is 5.91 Å². The maximum absolute atomic E-state index is 11.9. The van der Waals surface area contributed by atoms with E-state index in [-0.39, 0.29) is 5.91 Å². The van der Waals surface area contributed by atoms with Crippen LogP contribution in [0, 0.1) is 5.92 Å². The van der Waals surface area contributed by atoms with E-state index in [1.807, 2.05) is 0 Å². The molecular weight excluding hydrogens is 283 g/mol. The highest BCUT2D eigenvalue weighted by Crippen LogP contribution is 2.20. The number of halogens is 2. The lowest BCUT2D eigenvalue weighted by atomic mass is 9.96. The topological polar surface area (TPSA) is 41.5 Å². The van der Waals surface area contributed by atoms with E-state index in [2.05, 4.69) is 22.7 Å². The van der Waals surface area contributed by atoms with Crippen molar-refractivity contribution in [3.63, 3.8) is 0 Å². The summed E-state index contributed by atoms with van der Waals surface area (Å²) in [5.41, 5.74) is 2.81. The van der Waals surface area contributed by atoms with Gasteiger partial charge in [0.2, 0.25) is 0 Å². The molecule has 0 spiro atoms. The Kier molecular flexibility index (Phi) is 5.00. The monoisotopic (exact) mass is 296 g/mol. The van der Waals surface area contributed by atoms with Crippen LogP contribution in [0.3, 0.4) is 0 Å². The minimum absolute atomic E-state index is 0.329. The molecule has 0 aromatic heterocycles. The predicted molar refractivity (Wildman–Crippen MR) is 78.9 cm³/mol. The molecule has 0 heterocycles. The van der Waals surface area contributed by atoms with Crippen LogP contribution in [0.25, 0.3) is 0 Å². The van der Waals surface area contributed by atoms with E-state index in [0.717, 1.165) is 19.3 Å². The standard InChI is InChI=1S/C14H14Cl2N2O/c15-11-6-7-13(16)12(8-11)14(19)18-17-9-10-4-2-1-3-5-10/h1-2,6-10H,3-5H2,(H,18,19)/b17-9-/t10-/m0/s1. The second-order valence-corrected chi connectivity index (χ2v) is 5.23. The summed E-state index contributed by atoms with van der Waals surface area (Å²) >= 11 is 11.8. The summed E-state index contributed by atoms with van der Waals surface area (Å²) in [6, 6.07) is 4.75. The molecule has 0 fully saturated rings. The quantitative estimate of drug-likeness (QED) is 0.510. The number of hydrazone groups is 1. The van der Waals surface area contributed by atoms with Gasteiger partial charge in [-0.25, -0.2) is 5.43 Å². The summed E-state index contributed by atoms with van der Waals surface area (Å²) < 4.78 is 0. The molecule has 1 atom stereocenters. The maximum Gasteiger partial charge on any atom is 0.272 e. The van der Waals surface area contributed by atoms with Crippen molar-refractivity contribution in [2.75, 3.05) is 0 Å². The Morgan fingerprint density at radius 2 is 2.21 bits per heavy atom. The zero-order valence-corrected chi connectivity index (χ0v) is 11.8. The molecule has 0 saturated heterocycles. The predicted octanol–water partition coefficient (Wildman–Crippen LogP) is 4.07. The summed E-state index contributed by atoms with van der Waals surface area (Å²) in [6.45, 7) is 0. The van der Waals surface area contributed by atoms with Crippen LogP contribution in [0.5, 0.6) is 0 Å². The van der Waals surface area contributed by atoms with Crippen LogP contribution in [-0.2, 0) is 0 Å². The SMILES string of the molecule is O=C(N/N=C\[C@H]1CC=CCC1)c1cc(Cl)ccc1Cl. The van der Waals surface area contributed by atoms with E-state index >= 15 is 0 Å². The van der Waals surface area contributed by atoms with Crippen molar-refractivity contribution >= 4 is 35.3 Å². The van der Waals surface area contributed by atoms with E-state index in [0.29, 0.717) is 21.5 Å². The van der Waals surface area contributed by atoms with Gasteiger partial charge in [-0.1, -0.05) is 35.4 Å². The summed E-state index contributed by atoms with van der Waals surface area (Å²) in [5.74, 6) is 0.0373. The molecule has 1 aliphatic rings. The summed E-state index contributed by atoms with van der Waals surface area (Å²) in [6.07, 6.45) is 9.17. The van der Waals surface area contributed by atoms with Crippen LogP contribution in [0.1, 0.15) is 29.6 Å². The third-order valence-corrected chi connectivity index (χ3v) is 3.50. The first kappa shape index (κ1) is 14.1. The zero-order chi connectivity index (χ0) is 13.7. The second kappa shape index (κ2) is 6.73. The molecule has 1 aliphatic carbocycles. The number of carbonyl (C=O) groups is 1. The number of carbonyl (C=O) groups excluding carboxylic acids is 1. The maximum atomic E-state index is 11.9. The Hall–Kier alpha value is -1.32. The lowest BCUT2D eigenvalue weighted by Gasteiger charge is -2.11. The third-order valence-electron chi connectivity index (χ3n) is 2.93. The zero-order valence-electron chi connectivity index (χ0n) is 10.3. The second-order valence-electron chi connectivity index (χ2n) is 4.39. The average molecular weight is 297 g/mol. The highest BCUT2D eigenvalue weighted by molar-refractivity contribution is 6.35. The van der Waals surface area contributed by atoms with Crippen molar-refractivity contribution in [1.29, 1.82) is 0 Å². The Balaban J connectivity index is 1.95. The van der Waals surface area contributed by atoms with Crippen molar-refractivity contribution in [3.8, 4) is 0 Å². The fourth-order valence-corrected chi connectivity index (χ4v) is 2.26. The minimum atomic E-state index is -0.352. The highest BCUT2D eigenvalue weighted by Gasteiger charge is 2.11. The fraction of sp³-hybridized carbons (Fsp3) is 0.286. The molecule has 1 aromatic rings. The molecular formula is C14H14Cl2N2O. The number of rotatable bonds is 3. The molecule has 0 radical (unpaired) electrons. The lowest BCUT2D eigenvalue weighted by Crippen LogP contribution is -2.19. The number of allylic oxidation sites excluding steroid dienone is 2. The number of amides is 1. The lowest BCUT2D eigenvalue weighted by molar-refractivity contribution is 0.0955. The first-order valence-corrected chi connectivity index (χ1v) is 6.86. The van der Waals surface area contributed by atoms with Gasteiger partial charge in [0, 0.05) is 11.2 Å². The molecule has 19 heavy (non-hydrogen) atoms. The molecule has 2 rings (SSSR count). The van der Waals surface area contributed by atoms with Crippen LogP contribution >= 0.6 is 23.2 Å². The molecule has 0 saturated carbocycles. The Labute approximate surface area is 122 Å². The van der Waals surface area contributed by atoms with E-state index in [4.69, 9.17) is 23.2 Å². The van der Waals surface area contributed by atoms with E-state index < -0.39 is 0 Å². The smallest absolute Gasteiger partial charge is 0.267 e. The van der Waals surface area contributed by atoms with Crippen LogP contribution in [0.15, 0.2) is 35.5 Å². The molecule has 1 N–H and O–H groups in total. The first-order chi connectivity index (χ1) is 9.16. The molecule has 1 aromatic carbocycles. The summed E-state index contributed by atoms with van der Waals surface area (Å²) in [7, 11) is 0. The van der Waals surface area contributed by atoms with Gasteiger partial charge in [-0.05, 0) is 43.4 Å². The molecule has 5 heteroatoms. The number of benzene rings is 1. The van der Waals surface area contributed by atoms with Gasteiger partial charge in [0.05, 0.1) is 10.6 Å². The largest absolute Gasteiger partial charge is 0.272 e. The summed E-state index contributed by atoms with van der Waals surface area (Å²) in [5, 5.41) is 4.81. The van der Waals surface area contributed by atoms with Crippen molar-refractivity contribution in [1.82, 2.24) is 5.43 Å². The fourth-order valence-electron chi connectivity index (χ4n) is 1.89. The molecule has 3 nitrogen and oxygen atoms in total. The van der Waals surface area contributed by atoms with Gasteiger partial charge in [0.1, 0.15) is 0 Å². The minimum Gasteiger partial charge on any atom is -0.267 e. The van der Waals surface area contributed by atoms with Gasteiger partial charge in [-0.3, -0.25) is 4.79 Å². The van der Waals surface area contributed by atoms with Crippen molar-refractivity contribution in [3.05, 3.63) is 46.0 Å². The van der Waals surface area contributed by atoms with Gasteiger partial charge in [-0.15, -0.1) is 0 Å². The number of nitrogens with one attached hydrogen (secondary N) is 1. The average Bonchev–Trinajstić information content (AvgIpc) is 2.42. The first-order valence-electron chi connectivity index (χ1n) is 6.10. The Morgan fingerprint density at radius 3 is 2.95 bits per heavy atom. The van der Waals surface area contributed by atoms with Gasteiger partial charge in [0.15, 0.2) is 0 Å². The summed E-state index contributed by atoms with van der Waals surface area (Å²) in [4.78, 5) is 11.9. The van der Waals surface area contributed by atoms with Crippen LogP contribution in [-0.4, -0.2) is 12.1 Å². The number of nitrogens with zero attached hydrogens (tertiary/aromatic N) is 1. The van der Waals surface area contributed by atoms with E-state index in [9.17, 15) is 4.79 Å². The van der Waals surface area contributed by atoms with Gasteiger partial charge < -0.3 is 0 Å². The molecule has 1 amide bonds.